The van der Waals surface area contributed by atoms with E-state index in [2.05, 4.69) is 30.0 Å². The van der Waals surface area contributed by atoms with E-state index >= 15 is 0 Å². The number of hydrazine groups is 1. The molecule has 0 radical (unpaired) electrons. The van der Waals surface area contributed by atoms with Gasteiger partial charge in [0.1, 0.15) is 0 Å². The van der Waals surface area contributed by atoms with Crippen molar-refractivity contribution in [2.75, 3.05) is 14.2 Å². The topological polar surface area (TPSA) is 71.6 Å². The Hall–Kier alpha value is -2.02. The van der Waals surface area contributed by atoms with Crippen LogP contribution in [-0.2, 0) is 0 Å². The zero-order chi connectivity index (χ0) is 18.4. The Balaban J connectivity index is 1.88. The van der Waals surface area contributed by atoms with Gasteiger partial charge in [-0.2, -0.15) is 0 Å². The summed E-state index contributed by atoms with van der Waals surface area (Å²) in [5.74, 6) is 2.01. The molecule has 0 bridgehead atoms. The lowest BCUT2D eigenvalue weighted by Gasteiger charge is -2.35. The quantitative estimate of drug-likeness (QED) is 0.563. The monoisotopic (exact) mass is 365 g/mol. The Morgan fingerprint density at radius 3 is 2.52 bits per heavy atom. The zero-order valence-electron chi connectivity index (χ0n) is 15.2. The van der Waals surface area contributed by atoms with Crippen LogP contribution in [0.1, 0.15) is 43.5 Å². The van der Waals surface area contributed by atoms with Crippen LogP contribution in [0.3, 0.4) is 0 Å². The molecule has 7 heteroatoms. The predicted octanol–water partition coefficient (Wildman–Crippen LogP) is 2.64. The van der Waals surface area contributed by atoms with E-state index in [1.807, 2.05) is 0 Å². The number of methoxy groups -OCH3 is 2. The molecule has 1 aliphatic carbocycles. The third-order valence-electron chi connectivity index (χ3n) is 4.96. The lowest BCUT2D eigenvalue weighted by molar-refractivity contribution is 0.0942. The second-order valence-corrected chi connectivity index (χ2v) is 6.90. The van der Waals surface area contributed by atoms with Crippen molar-refractivity contribution in [1.29, 1.82) is 0 Å². The Kier molecular flexibility index (Phi) is 6.87. The van der Waals surface area contributed by atoms with Gasteiger partial charge in [0.05, 0.1) is 14.2 Å². The van der Waals surface area contributed by atoms with Crippen molar-refractivity contribution in [2.45, 2.75) is 39.2 Å². The maximum absolute atomic E-state index is 12.3. The van der Waals surface area contributed by atoms with Crippen molar-refractivity contribution in [3.8, 4) is 11.5 Å². The third kappa shape index (κ3) is 4.98. The second-order valence-electron chi connectivity index (χ2n) is 6.50. The first kappa shape index (κ1) is 19.3. The largest absolute Gasteiger partial charge is 0.493 e. The van der Waals surface area contributed by atoms with Crippen LogP contribution in [0.2, 0.25) is 0 Å². The molecule has 6 nitrogen and oxygen atoms in total. The number of carbonyl (C=O) groups is 1. The Bertz CT molecular complexity index is 624. The fraction of sp³-hybridized carbons (Fsp3) is 0.556. The highest BCUT2D eigenvalue weighted by Gasteiger charge is 2.27. The van der Waals surface area contributed by atoms with Crippen LogP contribution in [0.4, 0.5) is 0 Å². The molecule has 1 aliphatic rings. The van der Waals surface area contributed by atoms with Crippen molar-refractivity contribution >= 4 is 23.2 Å². The lowest BCUT2D eigenvalue weighted by Crippen LogP contribution is -2.52. The average Bonchev–Trinajstić information content (AvgIpc) is 2.62. The average molecular weight is 365 g/mol. The minimum Gasteiger partial charge on any atom is -0.493 e. The van der Waals surface area contributed by atoms with Gasteiger partial charge in [0.25, 0.3) is 5.91 Å². The minimum atomic E-state index is -0.296. The Morgan fingerprint density at radius 1 is 1.12 bits per heavy atom. The summed E-state index contributed by atoms with van der Waals surface area (Å²) in [7, 11) is 3.08. The Morgan fingerprint density at radius 2 is 1.84 bits per heavy atom. The van der Waals surface area contributed by atoms with Crippen LogP contribution < -0.4 is 25.6 Å². The number of nitrogens with one attached hydrogen (secondary N) is 3. The van der Waals surface area contributed by atoms with Crippen LogP contribution >= 0.6 is 12.2 Å². The predicted molar refractivity (Wildman–Crippen MR) is 102 cm³/mol. The number of ether oxygens (including phenoxy) is 2. The number of carbonyl (C=O) groups excluding carboxylic acids is 1. The molecule has 2 rings (SSSR count). The van der Waals surface area contributed by atoms with Gasteiger partial charge in [0.2, 0.25) is 0 Å². The summed E-state index contributed by atoms with van der Waals surface area (Å²) in [6, 6.07) is 5.31. The van der Waals surface area contributed by atoms with Gasteiger partial charge in [0, 0.05) is 11.6 Å². The van der Waals surface area contributed by atoms with E-state index in [9.17, 15) is 4.79 Å². The summed E-state index contributed by atoms with van der Waals surface area (Å²) in [5.41, 5.74) is 5.84. The van der Waals surface area contributed by atoms with Crippen LogP contribution in [0.5, 0.6) is 11.5 Å². The highest BCUT2D eigenvalue weighted by Crippen LogP contribution is 2.29. The number of hydrogen-bond donors (Lipinski definition) is 3. The van der Waals surface area contributed by atoms with E-state index in [4.69, 9.17) is 21.7 Å². The molecule has 138 valence electrons. The molecule has 1 fully saturated rings. The number of hydrogen-bond acceptors (Lipinski definition) is 4. The molecule has 0 aromatic heterocycles. The first-order valence-electron chi connectivity index (χ1n) is 8.55. The first-order chi connectivity index (χ1) is 12.0. The summed E-state index contributed by atoms with van der Waals surface area (Å²) in [6.07, 6.45) is 3.55. The fourth-order valence-electron chi connectivity index (χ4n) is 3.15. The molecular formula is C18H27N3O3S. The SMILES string of the molecule is COc1ccc(C(=O)NNC(=S)N[C@H]2CCC[C@@H](C)[C@H]2C)cc1OC. The summed E-state index contributed by atoms with van der Waals surface area (Å²) in [5, 5.41) is 3.74. The molecule has 1 saturated carbocycles. The molecule has 0 heterocycles. The van der Waals surface area contributed by atoms with E-state index < -0.39 is 0 Å². The van der Waals surface area contributed by atoms with E-state index in [0.29, 0.717) is 40.1 Å². The summed E-state index contributed by atoms with van der Waals surface area (Å²) >= 11 is 5.30. The number of benzene rings is 1. The highest BCUT2D eigenvalue weighted by atomic mass is 32.1. The van der Waals surface area contributed by atoms with E-state index in [-0.39, 0.29) is 5.91 Å². The molecule has 0 unspecified atom stereocenters. The molecule has 0 aliphatic heterocycles. The maximum atomic E-state index is 12.3. The summed E-state index contributed by atoms with van der Waals surface area (Å²) in [6.45, 7) is 4.51. The number of thiocarbonyl (C=S) groups is 1. The van der Waals surface area contributed by atoms with Crippen molar-refractivity contribution in [1.82, 2.24) is 16.2 Å². The lowest BCUT2D eigenvalue weighted by atomic mass is 9.78. The second kappa shape index (κ2) is 8.89. The minimum absolute atomic E-state index is 0.296. The summed E-state index contributed by atoms with van der Waals surface area (Å²) < 4.78 is 10.4. The fourth-order valence-corrected chi connectivity index (χ4v) is 3.36. The van der Waals surface area contributed by atoms with Crippen molar-refractivity contribution < 1.29 is 14.3 Å². The van der Waals surface area contributed by atoms with Crippen molar-refractivity contribution in [3.05, 3.63) is 23.8 Å². The Labute approximate surface area is 154 Å². The van der Waals surface area contributed by atoms with Crippen LogP contribution in [0, 0.1) is 11.8 Å². The van der Waals surface area contributed by atoms with Gasteiger partial charge in [-0.05, 0) is 48.7 Å². The van der Waals surface area contributed by atoms with Crippen molar-refractivity contribution in [2.24, 2.45) is 11.8 Å². The first-order valence-corrected chi connectivity index (χ1v) is 8.96. The number of amides is 1. The standard InChI is InChI=1S/C18H27N3O3S/c1-11-6-5-7-14(12(11)2)19-18(25)21-20-17(22)13-8-9-15(23-3)16(10-13)24-4/h8-12,14H,5-7H2,1-4H3,(H,20,22)(H2,19,21,25)/t11-,12-,14+/m1/s1. The van der Waals surface area contributed by atoms with Crippen molar-refractivity contribution in [3.63, 3.8) is 0 Å². The molecule has 1 aromatic carbocycles. The molecule has 25 heavy (non-hydrogen) atoms. The third-order valence-corrected chi connectivity index (χ3v) is 5.18. The number of rotatable bonds is 4. The van der Waals surface area contributed by atoms with Crippen LogP contribution in [-0.4, -0.2) is 31.3 Å². The molecule has 1 amide bonds. The molecule has 0 spiro atoms. The van der Waals surface area contributed by atoms with Gasteiger partial charge in [-0.25, -0.2) is 0 Å². The normalized spacial score (nSPS) is 22.6. The molecular weight excluding hydrogens is 338 g/mol. The van der Waals surface area contributed by atoms with Gasteiger partial charge < -0.3 is 14.8 Å². The van der Waals surface area contributed by atoms with E-state index in [1.54, 1.807) is 25.3 Å². The molecule has 0 saturated heterocycles. The molecule has 3 N–H and O–H groups in total. The van der Waals surface area contributed by atoms with Gasteiger partial charge in [-0.1, -0.05) is 26.7 Å². The molecule has 3 atom stereocenters. The van der Waals surface area contributed by atoms with E-state index in [1.165, 1.54) is 20.0 Å². The summed E-state index contributed by atoms with van der Waals surface area (Å²) in [4.78, 5) is 12.3. The van der Waals surface area contributed by atoms with E-state index in [0.717, 1.165) is 6.42 Å². The van der Waals surface area contributed by atoms with Gasteiger partial charge in [0.15, 0.2) is 16.6 Å². The zero-order valence-corrected chi connectivity index (χ0v) is 16.0. The molecule has 1 aromatic rings. The van der Waals surface area contributed by atoms with Gasteiger partial charge in [-0.15, -0.1) is 0 Å². The van der Waals surface area contributed by atoms with Crippen LogP contribution in [0.25, 0.3) is 0 Å². The van der Waals surface area contributed by atoms with Gasteiger partial charge >= 0.3 is 0 Å². The highest BCUT2D eigenvalue weighted by molar-refractivity contribution is 7.80. The smallest absolute Gasteiger partial charge is 0.269 e. The van der Waals surface area contributed by atoms with Crippen LogP contribution in [0.15, 0.2) is 18.2 Å². The maximum Gasteiger partial charge on any atom is 0.269 e. The van der Waals surface area contributed by atoms with Gasteiger partial charge in [-0.3, -0.25) is 15.6 Å².